The number of thiol groups is 1. The second-order valence-electron chi connectivity index (χ2n) is 4.42. The third kappa shape index (κ3) is 3.54. The van der Waals surface area contributed by atoms with Crippen molar-refractivity contribution in [3.8, 4) is 0 Å². The highest BCUT2D eigenvalue weighted by atomic mass is 32.1. The van der Waals surface area contributed by atoms with Gasteiger partial charge in [-0.2, -0.15) is 0 Å². The summed E-state index contributed by atoms with van der Waals surface area (Å²) >= 11 is 4.37. The maximum absolute atomic E-state index is 4.37. The molecule has 82 valence electrons. The summed E-state index contributed by atoms with van der Waals surface area (Å²) in [4.78, 5) is 0. The molecule has 15 heavy (non-hydrogen) atoms. The van der Waals surface area contributed by atoms with Crippen LogP contribution in [0.4, 0.5) is 0 Å². The molecule has 0 amide bonds. The summed E-state index contributed by atoms with van der Waals surface area (Å²) in [7, 11) is 0. The maximum Gasteiger partial charge on any atom is 0.00896 e. The molecule has 0 N–H and O–H groups in total. The topological polar surface area (TPSA) is 3.24 Å². The highest BCUT2D eigenvalue weighted by Crippen LogP contribution is 2.22. The van der Waals surface area contributed by atoms with Crippen LogP contribution in [-0.2, 0) is 6.42 Å². The summed E-state index contributed by atoms with van der Waals surface area (Å²) in [6.45, 7) is 2.31. The molecule has 0 spiro atoms. The van der Waals surface area contributed by atoms with E-state index in [1.807, 2.05) is 0 Å². The lowest BCUT2D eigenvalue weighted by atomic mass is 9.91. The minimum absolute atomic E-state index is 0.911. The largest absolute Gasteiger partial charge is 0.253 e. The van der Waals surface area contributed by atoms with Crippen LogP contribution in [0.5, 0.6) is 0 Å². The Morgan fingerprint density at radius 2 is 1.80 bits per heavy atom. The van der Waals surface area contributed by atoms with Crippen molar-refractivity contribution in [1.82, 2.24) is 4.31 Å². The summed E-state index contributed by atoms with van der Waals surface area (Å²) in [5, 5.41) is 0. The molecule has 0 unspecified atom stereocenters. The van der Waals surface area contributed by atoms with E-state index >= 15 is 0 Å². The lowest BCUT2D eigenvalue weighted by Crippen LogP contribution is -2.26. The van der Waals surface area contributed by atoms with Crippen LogP contribution in [0.15, 0.2) is 30.3 Å². The van der Waals surface area contributed by atoms with Crippen molar-refractivity contribution >= 4 is 12.8 Å². The quantitative estimate of drug-likeness (QED) is 0.767. The van der Waals surface area contributed by atoms with Crippen LogP contribution in [0.25, 0.3) is 0 Å². The average Bonchev–Trinajstić information content (AvgIpc) is 2.30. The Bertz CT molecular complexity index is 278. The molecular formula is C13H19NS. The number of hydrogen-bond acceptors (Lipinski definition) is 2. The number of nitrogens with zero attached hydrogens (tertiary/aromatic N) is 1. The van der Waals surface area contributed by atoms with E-state index in [0.717, 1.165) is 19.0 Å². The lowest BCUT2D eigenvalue weighted by Gasteiger charge is -2.27. The van der Waals surface area contributed by atoms with Crippen molar-refractivity contribution in [3.63, 3.8) is 0 Å². The van der Waals surface area contributed by atoms with Gasteiger partial charge in [0, 0.05) is 13.1 Å². The molecule has 2 rings (SSSR count). The van der Waals surface area contributed by atoms with Gasteiger partial charge >= 0.3 is 0 Å². The van der Waals surface area contributed by atoms with E-state index in [4.69, 9.17) is 0 Å². The van der Waals surface area contributed by atoms with Crippen LogP contribution >= 0.6 is 12.8 Å². The molecule has 1 heterocycles. The monoisotopic (exact) mass is 221 g/mol. The van der Waals surface area contributed by atoms with Crippen molar-refractivity contribution in [2.24, 2.45) is 5.92 Å². The molecule has 1 nitrogen and oxygen atoms in total. The molecule has 2 heteroatoms. The standard InChI is InChI=1S/C13H19NS/c15-14-10-8-13(9-11-14)7-6-12-4-2-1-3-5-12/h1-5,13,15H,6-11H2. The summed E-state index contributed by atoms with van der Waals surface area (Å²) in [6, 6.07) is 10.8. The normalized spacial score (nSPS) is 19.3. The number of piperidine rings is 1. The Kier molecular flexibility index (Phi) is 4.09. The molecular weight excluding hydrogens is 202 g/mol. The minimum Gasteiger partial charge on any atom is -0.253 e. The van der Waals surface area contributed by atoms with Crippen molar-refractivity contribution in [3.05, 3.63) is 35.9 Å². The molecule has 1 aliphatic heterocycles. The second kappa shape index (κ2) is 5.57. The van der Waals surface area contributed by atoms with Gasteiger partial charge in [0.05, 0.1) is 0 Å². The van der Waals surface area contributed by atoms with Gasteiger partial charge < -0.3 is 0 Å². The smallest absolute Gasteiger partial charge is 0.00896 e. The van der Waals surface area contributed by atoms with E-state index in [1.54, 1.807) is 0 Å². The number of aryl methyl sites for hydroxylation is 1. The molecule has 1 aromatic carbocycles. The fourth-order valence-electron chi connectivity index (χ4n) is 2.22. The summed E-state index contributed by atoms with van der Waals surface area (Å²) < 4.78 is 2.14. The maximum atomic E-state index is 4.37. The van der Waals surface area contributed by atoms with E-state index in [0.29, 0.717) is 0 Å². The van der Waals surface area contributed by atoms with Crippen LogP contribution in [0, 0.1) is 5.92 Å². The van der Waals surface area contributed by atoms with Crippen LogP contribution in [0.1, 0.15) is 24.8 Å². The molecule has 0 saturated carbocycles. The zero-order valence-corrected chi connectivity index (χ0v) is 10.00. The van der Waals surface area contributed by atoms with Gasteiger partial charge in [0.1, 0.15) is 0 Å². The third-order valence-corrected chi connectivity index (χ3v) is 3.68. The van der Waals surface area contributed by atoms with Gasteiger partial charge in [-0.3, -0.25) is 4.31 Å². The first-order valence-electron chi connectivity index (χ1n) is 5.82. The van der Waals surface area contributed by atoms with Crippen LogP contribution < -0.4 is 0 Å². The molecule has 0 aliphatic carbocycles. The van der Waals surface area contributed by atoms with Crippen LogP contribution in [0.3, 0.4) is 0 Å². The molecule has 0 radical (unpaired) electrons. The highest BCUT2D eigenvalue weighted by Gasteiger charge is 2.16. The Balaban J connectivity index is 1.74. The third-order valence-electron chi connectivity index (χ3n) is 3.28. The first-order valence-corrected chi connectivity index (χ1v) is 6.22. The molecule has 1 saturated heterocycles. The van der Waals surface area contributed by atoms with Crippen LogP contribution in [0.2, 0.25) is 0 Å². The Hall–Kier alpha value is -0.470. The highest BCUT2D eigenvalue weighted by molar-refractivity contribution is 7.77. The Labute approximate surface area is 98.0 Å². The number of hydrogen-bond donors (Lipinski definition) is 1. The zero-order chi connectivity index (χ0) is 10.5. The van der Waals surface area contributed by atoms with Crippen molar-refractivity contribution in [2.45, 2.75) is 25.7 Å². The van der Waals surface area contributed by atoms with E-state index < -0.39 is 0 Å². The first-order chi connectivity index (χ1) is 7.34. The van der Waals surface area contributed by atoms with E-state index in [2.05, 4.69) is 47.5 Å². The zero-order valence-electron chi connectivity index (χ0n) is 9.10. The lowest BCUT2D eigenvalue weighted by molar-refractivity contribution is 0.282. The summed E-state index contributed by atoms with van der Waals surface area (Å²) in [6.07, 6.45) is 5.20. The molecule has 0 atom stereocenters. The van der Waals surface area contributed by atoms with Crippen molar-refractivity contribution in [2.75, 3.05) is 13.1 Å². The van der Waals surface area contributed by atoms with Crippen molar-refractivity contribution < 1.29 is 0 Å². The predicted molar refractivity (Wildman–Crippen MR) is 68.0 cm³/mol. The molecule has 0 bridgehead atoms. The molecule has 1 aromatic rings. The fourth-order valence-corrected chi connectivity index (χ4v) is 2.45. The SMILES string of the molecule is SN1CCC(CCc2ccccc2)CC1. The molecule has 1 aliphatic rings. The van der Waals surface area contributed by atoms with E-state index in [9.17, 15) is 0 Å². The van der Waals surface area contributed by atoms with Gasteiger partial charge in [-0.15, -0.1) is 0 Å². The van der Waals surface area contributed by atoms with Gasteiger partial charge in [-0.05, 0) is 37.2 Å². The van der Waals surface area contributed by atoms with Gasteiger partial charge in [-0.1, -0.05) is 43.1 Å². The molecule has 0 aromatic heterocycles. The van der Waals surface area contributed by atoms with E-state index in [-0.39, 0.29) is 0 Å². The summed E-state index contributed by atoms with van der Waals surface area (Å²) in [5.41, 5.74) is 1.48. The van der Waals surface area contributed by atoms with Gasteiger partial charge in [-0.25, -0.2) is 0 Å². The number of benzene rings is 1. The van der Waals surface area contributed by atoms with Crippen molar-refractivity contribution in [1.29, 1.82) is 0 Å². The van der Waals surface area contributed by atoms with Gasteiger partial charge in [0.2, 0.25) is 0 Å². The Morgan fingerprint density at radius 1 is 1.13 bits per heavy atom. The fraction of sp³-hybridized carbons (Fsp3) is 0.538. The van der Waals surface area contributed by atoms with Gasteiger partial charge in [0.25, 0.3) is 0 Å². The molecule has 1 fully saturated rings. The second-order valence-corrected chi connectivity index (χ2v) is 4.99. The van der Waals surface area contributed by atoms with E-state index in [1.165, 1.54) is 31.2 Å². The van der Waals surface area contributed by atoms with Crippen LogP contribution in [-0.4, -0.2) is 17.4 Å². The van der Waals surface area contributed by atoms with Gasteiger partial charge in [0.15, 0.2) is 0 Å². The Morgan fingerprint density at radius 3 is 2.47 bits per heavy atom. The number of rotatable bonds is 3. The predicted octanol–water partition coefficient (Wildman–Crippen LogP) is 3.18. The minimum atomic E-state index is 0.911. The summed E-state index contributed by atoms with van der Waals surface area (Å²) in [5.74, 6) is 0.911. The average molecular weight is 221 g/mol. The first kappa shape index (κ1) is 11.0.